The quantitative estimate of drug-likeness (QED) is 0.609. The minimum Gasteiger partial charge on any atom is -0.367 e. The molecule has 6 heteroatoms. The van der Waals surface area contributed by atoms with E-state index in [1.165, 1.54) is 18.4 Å². The molecule has 0 radical (unpaired) electrons. The number of ether oxygens (including phenoxy) is 1. The molecule has 1 saturated heterocycles. The second kappa shape index (κ2) is 5.07. The Morgan fingerprint density at radius 2 is 2.29 bits per heavy atom. The molecule has 0 aromatic carbocycles. The maximum absolute atomic E-state index is 6.23. The van der Waals surface area contributed by atoms with Gasteiger partial charge in [-0.25, -0.2) is 4.31 Å². The summed E-state index contributed by atoms with van der Waals surface area (Å²) in [6.45, 7) is 2.03. The van der Waals surface area contributed by atoms with E-state index in [-0.39, 0.29) is 6.10 Å². The highest BCUT2D eigenvalue weighted by atomic mass is 127. The molecule has 2 heterocycles. The van der Waals surface area contributed by atoms with Gasteiger partial charge in [-0.1, -0.05) is 0 Å². The second-order valence-electron chi connectivity index (χ2n) is 4.86. The van der Waals surface area contributed by atoms with E-state index < -0.39 is 0 Å². The number of aryl methyl sites for hydroxylation is 1. The predicted octanol–water partition coefficient (Wildman–Crippen LogP) is 2.57. The van der Waals surface area contributed by atoms with Crippen LogP contribution in [-0.2, 0) is 11.8 Å². The molecule has 1 aromatic rings. The Kier molecular flexibility index (Phi) is 3.65. The molecule has 0 N–H and O–H groups in total. The van der Waals surface area contributed by atoms with Gasteiger partial charge in [0.15, 0.2) is 0 Å². The zero-order chi connectivity index (χ0) is 11.8. The Labute approximate surface area is 118 Å². The van der Waals surface area contributed by atoms with Crippen molar-refractivity contribution in [1.29, 1.82) is 0 Å². The van der Waals surface area contributed by atoms with Gasteiger partial charge < -0.3 is 4.74 Å². The summed E-state index contributed by atoms with van der Waals surface area (Å²) >= 11 is 2.36. The highest BCUT2D eigenvalue weighted by molar-refractivity contribution is 14.2. The minimum absolute atomic E-state index is 0.185. The first-order valence-corrected chi connectivity index (χ1v) is 9.25. The van der Waals surface area contributed by atoms with Gasteiger partial charge in [-0.05, 0) is 27.9 Å². The number of nitrogens with zero attached hydrogens (tertiary/aromatic N) is 3. The molecule has 4 nitrogen and oxygen atoms in total. The zero-order valence-electron chi connectivity index (χ0n) is 9.75. The molecule has 1 aromatic heterocycles. The molecule has 0 amide bonds. The third-order valence-electron chi connectivity index (χ3n) is 3.43. The summed E-state index contributed by atoms with van der Waals surface area (Å²) in [5.41, 5.74) is 1.20. The summed E-state index contributed by atoms with van der Waals surface area (Å²) in [5, 5.41) is 4.24. The molecule has 2 unspecified atom stereocenters. The highest BCUT2D eigenvalue weighted by Gasteiger charge is 2.39. The lowest BCUT2D eigenvalue weighted by Gasteiger charge is -2.36. The van der Waals surface area contributed by atoms with Gasteiger partial charge in [-0.3, -0.25) is 4.68 Å². The molecule has 94 valence electrons. The van der Waals surface area contributed by atoms with E-state index in [9.17, 15) is 0 Å². The van der Waals surface area contributed by atoms with E-state index in [1.807, 2.05) is 17.9 Å². The normalized spacial score (nSPS) is 30.7. The van der Waals surface area contributed by atoms with Gasteiger partial charge in [0.1, 0.15) is 0 Å². The summed E-state index contributed by atoms with van der Waals surface area (Å²) < 4.78 is 10.5. The monoisotopic (exact) mass is 365 g/mol. The number of hydrogen-bond donors (Lipinski definition) is 0. The van der Waals surface area contributed by atoms with Crippen LogP contribution in [0.25, 0.3) is 0 Å². The maximum atomic E-state index is 6.23. The number of morpholine rings is 1. The predicted molar refractivity (Wildman–Crippen MR) is 76.7 cm³/mol. The lowest BCUT2D eigenvalue weighted by atomic mass is 10.1. The van der Waals surface area contributed by atoms with Crippen LogP contribution in [0.5, 0.6) is 0 Å². The summed E-state index contributed by atoms with van der Waals surface area (Å²) in [6.07, 6.45) is 7.27. The molecule has 1 aliphatic heterocycles. The van der Waals surface area contributed by atoms with Crippen molar-refractivity contribution in [2.24, 2.45) is 13.0 Å². The van der Waals surface area contributed by atoms with Crippen molar-refractivity contribution < 1.29 is 4.74 Å². The fraction of sp³-hybridized carbons (Fsp3) is 0.727. The lowest BCUT2D eigenvalue weighted by Crippen LogP contribution is -2.40. The van der Waals surface area contributed by atoms with Gasteiger partial charge in [0.05, 0.1) is 18.4 Å². The van der Waals surface area contributed by atoms with Crippen LogP contribution < -0.4 is 0 Å². The smallest absolute Gasteiger partial charge is 0.0996 e. The van der Waals surface area contributed by atoms with Gasteiger partial charge in [-0.2, -0.15) is 5.10 Å². The van der Waals surface area contributed by atoms with E-state index in [1.54, 1.807) is 9.12 Å². The molecule has 3 rings (SSSR count). The minimum atomic E-state index is 0.185. The average molecular weight is 365 g/mol. The van der Waals surface area contributed by atoms with Gasteiger partial charge in [0.25, 0.3) is 0 Å². The molecule has 1 saturated carbocycles. The van der Waals surface area contributed by atoms with E-state index >= 15 is 0 Å². The number of halogens is 1. The summed E-state index contributed by atoms with van der Waals surface area (Å²) in [5.74, 6) is 0.792. The standard InChI is InChI=1S/C11H16IN3OS/c1-14-5-9(4-13-14)11-7-15(17-12)6-10(16-11)8-2-3-8/h4-5,8,10-11H,2-3,6-7H2,1H3. The Morgan fingerprint density at radius 1 is 1.47 bits per heavy atom. The van der Waals surface area contributed by atoms with Crippen molar-refractivity contribution in [3.8, 4) is 0 Å². The van der Waals surface area contributed by atoms with Crippen molar-refractivity contribution in [2.45, 2.75) is 25.0 Å². The lowest BCUT2D eigenvalue weighted by molar-refractivity contribution is -0.0720. The third kappa shape index (κ3) is 2.80. The first-order valence-electron chi connectivity index (χ1n) is 5.94. The van der Waals surface area contributed by atoms with Crippen LogP contribution >= 0.6 is 30.3 Å². The van der Waals surface area contributed by atoms with Crippen LogP contribution in [0.2, 0.25) is 0 Å². The zero-order valence-corrected chi connectivity index (χ0v) is 12.7. The van der Waals surface area contributed by atoms with E-state index in [0.717, 1.165) is 19.0 Å². The van der Waals surface area contributed by atoms with Crippen molar-refractivity contribution >= 4 is 30.3 Å². The van der Waals surface area contributed by atoms with Gasteiger partial charge in [-0.15, -0.1) is 0 Å². The van der Waals surface area contributed by atoms with Crippen molar-refractivity contribution in [3.05, 3.63) is 18.0 Å². The Balaban J connectivity index is 1.74. The topological polar surface area (TPSA) is 30.3 Å². The van der Waals surface area contributed by atoms with Crippen LogP contribution in [0.15, 0.2) is 12.4 Å². The molecule has 0 bridgehead atoms. The molecular formula is C11H16IN3OS. The first kappa shape index (κ1) is 12.3. The van der Waals surface area contributed by atoms with Crippen molar-refractivity contribution in [2.75, 3.05) is 13.1 Å². The molecule has 17 heavy (non-hydrogen) atoms. The Morgan fingerprint density at radius 3 is 2.88 bits per heavy atom. The van der Waals surface area contributed by atoms with Gasteiger partial charge in [0.2, 0.25) is 0 Å². The Hall–Kier alpha value is 0.210. The number of rotatable bonds is 3. The molecule has 2 fully saturated rings. The SMILES string of the molecule is Cn1cc(C2CN(SI)CC(C3CC3)O2)cn1. The molecule has 1 aliphatic carbocycles. The number of aromatic nitrogens is 2. The van der Waals surface area contributed by atoms with Crippen LogP contribution in [0.1, 0.15) is 24.5 Å². The Bertz CT molecular complexity index is 396. The van der Waals surface area contributed by atoms with Crippen LogP contribution in [0.4, 0.5) is 0 Å². The summed E-state index contributed by atoms with van der Waals surface area (Å²) in [7, 11) is 3.75. The van der Waals surface area contributed by atoms with E-state index in [4.69, 9.17) is 4.74 Å². The molecule has 2 atom stereocenters. The van der Waals surface area contributed by atoms with E-state index in [0.29, 0.717) is 6.10 Å². The first-order chi connectivity index (χ1) is 8.26. The van der Waals surface area contributed by atoms with Crippen molar-refractivity contribution in [3.63, 3.8) is 0 Å². The average Bonchev–Trinajstić information content (AvgIpc) is 3.11. The third-order valence-corrected chi connectivity index (χ3v) is 5.60. The fourth-order valence-corrected chi connectivity index (χ4v) is 3.69. The number of hydrogen-bond acceptors (Lipinski definition) is 4. The summed E-state index contributed by atoms with van der Waals surface area (Å²) in [4.78, 5) is 0. The molecule has 0 spiro atoms. The molecule has 2 aliphatic rings. The molecular weight excluding hydrogens is 349 g/mol. The second-order valence-corrected chi connectivity index (χ2v) is 6.70. The van der Waals surface area contributed by atoms with E-state index in [2.05, 4.69) is 36.8 Å². The van der Waals surface area contributed by atoms with Crippen molar-refractivity contribution in [1.82, 2.24) is 14.1 Å². The highest BCUT2D eigenvalue weighted by Crippen LogP contribution is 2.41. The fourth-order valence-electron chi connectivity index (χ4n) is 2.33. The largest absolute Gasteiger partial charge is 0.367 e. The summed E-state index contributed by atoms with van der Waals surface area (Å²) in [6, 6.07) is 0. The van der Waals surface area contributed by atoms with Crippen LogP contribution in [0.3, 0.4) is 0 Å². The van der Waals surface area contributed by atoms with Crippen LogP contribution in [0, 0.1) is 5.92 Å². The van der Waals surface area contributed by atoms with Crippen LogP contribution in [-0.4, -0.2) is 33.3 Å². The van der Waals surface area contributed by atoms with Gasteiger partial charge in [0, 0.05) is 53.1 Å². The maximum Gasteiger partial charge on any atom is 0.0996 e. The van der Waals surface area contributed by atoms with Gasteiger partial charge >= 0.3 is 0 Å².